The molecule has 1 saturated carbocycles. The third-order valence-electron chi connectivity index (χ3n) is 4.52. The van der Waals surface area contributed by atoms with Gasteiger partial charge in [-0.15, -0.1) is 0 Å². The Morgan fingerprint density at radius 3 is 2.78 bits per heavy atom. The monoisotopic (exact) mass is 253 g/mol. The number of piperazine rings is 1. The van der Waals surface area contributed by atoms with E-state index in [1.54, 1.807) is 0 Å². The first-order valence-corrected chi connectivity index (χ1v) is 7.34. The zero-order chi connectivity index (χ0) is 13.0. The van der Waals surface area contributed by atoms with Gasteiger partial charge in [-0.2, -0.15) is 0 Å². The number of nitrogens with one attached hydrogen (secondary N) is 1. The van der Waals surface area contributed by atoms with Crippen molar-refractivity contribution in [1.29, 1.82) is 0 Å². The Morgan fingerprint density at radius 2 is 2.11 bits per heavy atom. The van der Waals surface area contributed by atoms with Crippen LogP contribution in [0.2, 0.25) is 0 Å². The predicted octanol–water partition coefficient (Wildman–Crippen LogP) is 0.929. The molecule has 0 spiro atoms. The second-order valence-corrected chi connectivity index (χ2v) is 5.90. The van der Waals surface area contributed by atoms with Gasteiger partial charge in [0, 0.05) is 33.2 Å². The van der Waals surface area contributed by atoms with Gasteiger partial charge >= 0.3 is 0 Å². The Hall–Kier alpha value is -0.610. The van der Waals surface area contributed by atoms with Crippen LogP contribution in [-0.2, 0) is 4.79 Å². The highest BCUT2D eigenvalue weighted by Gasteiger charge is 2.28. The summed E-state index contributed by atoms with van der Waals surface area (Å²) in [6, 6.07) is 0.0346. The summed E-state index contributed by atoms with van der Waals surface area (Å²) in [5, 5.41) is 3.31. The van der Waals surface area contributed by atoms with Crippen molar-refractivity contribution in [2.75, 3.05) is 40.3 Å². The first-order valence-electron chi connectivity index (χ1n) is 7.34. The number of likely N-dealkylation sites (N-methyl/N-ethyl adjacent to an activating group) is 2. The molecule has 2 fully saturated rings. The average Bonchev–Trinajstić information content (AvgIpc) is 2.89. The van der Waals surface area contributed by atoms with E-state index in [1.165, 1.54) is 32.1 Å². The van der Waals surface area contributed by atoms with Crippen molar-refractivity contribution in [3.8, 4) is 0 Å². The minimum absolute atomic E-state index is 0.0346. The van der Waals surface area contributed by atoms with Crippen LogP contribution in [-0.4, -0.2) is 62.0 Å². The standard InChI is InChI=1S/C14H27N3O/c1-16-10-8-15-11-13(16)14(18)17(2)9-7-12-5-3-4-6-12/h12-13,15H,3-11H2,1-2H3. The maximum Gasteiger partial charge on any atom is 0.240 e. The lowest BCUT2D eigenvalue weighted by Gasteiger charge is -2.34. The van der Waals surface area contributed by atoms with Crippen LogP contribution in [0, 0.1) is 5.92 Å². The van der Waals surface area contributed by atoms with E-state index in [-0.39, 0.29) is 11.9 Å². The fourth-order valence-electron chi connectivity index (χ4n) is 3.12. The van der Waals surface area contributed by atoms with Crippen molar-refractivity contribution in [3.63, 3.8) is 0 Å². The van der Waals surface area contributed by atoms with Crippen LogP contribution in [0.1, 0.15) is 32.1 Å². The van der Waals surface area contributed by atoms with Crippen LogP contribution >= 0.6 is 0 Å². The van der Waals surface area contributed by atoms with Crippen LogP contribution in [0.3, 0.4) is 0 Å². The molecule has 1 unspecified atom stereocenters. The summed E-state index contributed by atoms with van der Waals surface area (Å²) in [6.45, 7) is 3.68. The van der Waals surface area contributed by atoms with Crippen molar-refractivity contribution < 1.29 is 4.79 Å². The van der Waals surface area contributed by atoms with Gasteiger partial charge in [0.25, 0.3) is 0 Å². The zero-order valence-corrected chi connectivity index (χ0v) is 11.8. The van der Waals surface area contributed by atoms with E-state index in [1.807, 2.05) is 19.0 Å². The molecule has 1 amide bonds. The predicted molar refractivity (Wildman–Crippen MR) is 73.5 cm³/mol. The molecule has 1 aliphatic carbocycles. The lowest BCUT2D eigenvalue weighted by molar-refractivity contribution is -0.135. The molecule has 104 valence electrons. The Balaban J connectivity index is 1.76. The summed E-state index contributed by atoms with van der Waals surface area (Å²) in [6.07, 6.45) is 6.70. The third-order valence-corrected chi connectivity index (χ3v) is 4.52. The average molecular weight is 253 g/mol. The Labute approximate surface area is 111 Å². The smallest absolute Gasteiger partial charge is 0.240 e. The summed E-state index contributed by atoms with van der Waals surface area (Å²) >= 11 is 0. The Morgan fingerprint density at radius 1 is 1.39 bits per heavy atom. The number of hydrogen-bond acceptors (Lipinski definition) is 3. The molecular weight excluding hydrogens is 226 g/mol. The van der Waals surface area contributed by atoms with E-state index >= 15 is 0 Å². The number of amides is 1. The molecule has 18 heavy (non-hydrogen) atoms. The highest BCUT2D eigenvalue weighted by Crippen LogP contribution is 2.27. The van der Waals surface area contributed by atoms with Crippen LogP contribution in [0.15, 0.2) is 0 Å². The third kappa shape index (κ3) is 3.45. The molecule has 4 nitrogen and oxygen atoms in total. The van der Waals surface area contributed by atoms with Gasteiger partial charge in [0.05, 0.1) is 0 Å². The van der Waals surface area contributed by atoms with E-state index < -0.39 is 0 Å². The molecule has 2 rings (SSSR count). The van der Waals surface area contributed by atoms with Gasteiger partial charge in [-0.1, -0.05) is 25.7 Å². The zero-order valence-electron chi connectivity index (χ0n) is 11.8. The molecular formula is C14H27N3O. The van der Waals surface area contributed by atoms with Crippen LogP contribution < -0.4 is 5.32 Å². The summed E-state index contributed by atoms with van der Waals surface area (Å²) in [4.78, 5) is 16.5. The SMILES string of the molecule is CN(CCC1CCCC1)C(=O)C1CNCCN1C. The first kappa shape index (κ1) is 13.8. The normalized spacial score (nSPS) is 26.4. The summed E-state index contributed by atoms with van der Waals surface area (Å²) in [5.74, 6) is 1.14. The topological polar surface area (TPSA) is 35.6 Å². The largest absolute Gasteiger partial charge is 0.344 e. The minimum atomic E-state index is 0.0346. The van der Waals surface area contributed by atoms with E-state index in [2.05, 4.69) is 10.2 Å². The van der Waals surface area contributed by atoms with Gasteiger partial charge < -0.3 is 10.2 Å². The highest BCUT2D eigenvalue weighted by atomic mass is 16.2. The van der Waals surface area contributed by atoms with Gasteiger partial charge in [0.1, 0.15) is 6.04 Å². The van der Waals surface area contributed by atoms with Crippen molar-refractivity contribution in [2.24, 2.45) is 5.92 Å². The van der Waals surface area contributed by atoms with Gasteiger partial charge in [-0.05, 0) is 19.4 Å². The van der Waals surface area contributed by atoms with E-state index in [0.717, 1.165) is 32.1 Å². The number of carbonyl (C=O) groups is 1. The quantitative estimate of drug-likeness (QED) is 0.809. The van der Waals surface area contributed by atoms with Crippen LogP contribution in [0.5, 0.6) is 0 Å². The Bertz CT molecular complexity index is 276. The number of carbonyl (C=O) groups excluding carboxylic acids is 1. The molecule has 0 radical (unpaired) electrons. The molecule has 1 aliphatic heterocycles. The summed E-state index contributed by atoms with van der Waals surface area (Å²) < 4.78 is 0. The molecule has 1 saturated heterocycles. The van der Waals surface area contributed by atoms with E-state index in [9.17, 15) is 4.79 Å². The fourth-order valence-corrected chi connectivity index (χ4v) is 3.12. The van der Waals surface area contributed by atoms with Crippen LogP contribution in [0.4, 0.5) is 0 Å². The molecule has 0 aromatic heterocycles. The Kier molecular flexibility index (Phi) is 5.01. The first-order chi connectivity index (χ1) is 8.68. The molecule has 0 bridgehead atoms. The van der Waals surface area contributed by atoms with Gasteiger partial charge in [-0.3, -0.25) is 9.69 Å². The number of hydrogen-bond donors (Lipinski definition) is 1. The maximum absolute atomic E-state index is 12.4. The summed E-state index contributed by atoms with van der Waals surface area (Å²) in [7, 11) is 4.01. The maximum atomic E-state index is 12.4. The van der Waals surface area contributed by atoms with Crippen molar-refractivity contribution in [2.45, 2.75) is 38.1 Å². The highest BCUT2D eigenvalue weighted by molar-refractivity contribution is 5.82. The van der Waals surface area contributed by atoms with Gasteiger partial charge in [0.2, 0.25) is 5.91 Å². The van der Waals surface area contributed by atoms with Crippen molar-refractivity contribution in [1.82, 2.24) is 15.1 Å². The molecule has 4 heteroatoms. The number of nitrogens with zero attached hydrogens (tertiary/aromatic N) is 2. The van der Waals surface area contributed by atoms with E-state index in [0.29, 0.717) is 0 Å². The van der Waals surface area contributed by atoms with Crippen molar-refractivity contribution >= 4 is 5.91 Å². The second kappa shape index (κ2) is 6.53. The molecule has 1 atom stereocenters. The molecule has 1 heterocycles. The van der Waals surface area contributed by atoms with E-state index in [4.69, 9.17) is 0 Å². The second-order valence-electron chi connectivity index (χ2n) is 5.90. The fraction of sp³-hybridized carbons (Fsp3) is 0.929. The van der Waals surface area contributed by atoms with Gasteiger partial charge in [-0.25, -0.2) is 0 Å². The molecule has 1 N–H and O–H groups in total. The lowest BCUT2D eigenvalue weighted by Crippen LogP contribution is -2.56. The lowest BCUT2D eigenvalue weighted by atomic mass is 10.0. The van der Waals surface area contributed by atoms with Crippen LogP contribution in [0.25, 0.3) is 0 Å². The van der Waals surface area contributed by atoms with Crippen molar-refractivity contribution in [3.05, 3.63) is 0 Å². The minimum Gasteiger partial charge on any atom is -0.344 e. The molecule has 0 aromatic carbocycles. The summed E-state index contributed by atoms with van der Waals surface area (Å²) in [5.41, 5.74) is 0. The molecule has 2 aliphatic rings. The molecule has 0 aromatic rings. The van der Waals surface area contributed by atoms with Gasteiger partial charge in [0.15, 0.2) is 0 Å². The number of rotatable bonds is 4.